The minimum Gasteiger partial charge on any atom is -0.478 e. The standard InChI is InChI=1S/C12H15N3O3/c13-9-6-8(12(17)18)2-3-10(9)15-5-1-4-14-11(16)7-15/h2-3,6H,1,4-5,7,13H2,(H,14,16)(H,17,18). The van der Waals surface area contributed by atoms with Gasteiger partial charge < -0.3 is 21.1 Å². The van der Waals surface area contributed by atoms with Gasteiger partial charge in [-0.1, -0.05) is 0 Å². The van der Waals surface area contributed by atoms with Crippen molar-refractivity contribution in [3.63, 3.8) is 0 Å². The highest BCUT2D eigenvalue weighted by Gasteiger charge is 2.17. The Hall–Kier alpha value is -2.24. The molecule has 0 radical (unpaired) electrons. The largest absolute Gasteiger partial charge is 0.478 e. The Balaban J connectivity index is 2.27. The molecule has 0 atom stereocenters. The Morgan fingerprint density at radius 2 is 2.22 bits per heavy atom. The van der Waals surface area contributed by atoms with Crippen LogP contribution < -0.4 is 16.0 Å². The van der Waals surface area contributed by atoms with Crippen molar-refractivity contribution in [1.82, 2.24) is 5.32 Å². The smallest absolute Gasteiger partial charge is 0.335 e. The van der Waals surface area contributed by atoms with Gasteiger partial charge in [0.1, 0.15) is 0 Å². The molecule has 6 nitrogen and oxygen atoms in total. The van der Waals surface area contributed by atoms with E-state index in [1.54, 1.807) is 6.07 Å². The van der Waals surface area contributed by atoms with Crippen molar-refractivity contribution in [2.75, 3.05) is 30.3 Å². The lowest BCUT2D eigenvalue weighted by Gasteiger charge is -2.23. The summed E-state index contributed by atoms with van der Waals surface area (Å²) in [7, 11) is 0. The van der Waals surface area contributed by atoms with Crippen LogP contribution in [-0.2, 0) is 4.79 Å². The van der Waals surface area contributed by atoms with E-state index in [2.05, 4.69) is 5.32 Å². The molecule has 0 aromatic heterocycles. The van der Waals surface area contributed by atoms with E-state index in [-0.39, 0.29) is 18.0 Å². The normalized spacial score (nSPS) is 16.0. The maximum Gasteiger partial charge on any atom is 0.335 e. The van der Waals surface area contributed by atoms with Crippen LogP contribution in [0, 0.1) is 0 Å². The van der Waals surface area contributed by atoms with Crippen molar-refractivity contribution >= 4 is 23.3 Å². The predicted octanol–water partition coefficient (Wildman–Crippen LogP) is 0.293. The summed E-state index contributed by atoms with van der Waals surface area (Å²) in [5, 5.41) is 11.6. The molecule has 0 spiro atoms. The first kappa shape index (κ1) is 12.2. The van der Waals surface area contributed by atoms with Crippen molar-refractivity contribution in [3.8, 4) is 0 Å². The number of nitrogens with one attached hydrogen (secondary N) is 1. The Morgan fingerprint density at radius 1 is 1.44 bits per heavy atom. The van der Waals surface area contributed by atoms with Gasteiger partial charge in [0.15, 0.2) is 0 Å². The molecular weight excluding hydrogens is 234 g/mol. The van der Waals surface area contributed by atoms with Gasteiger partial charge in [-0.15, -0.1) is 0 Å². The molecule has 1 aromatic carbocycles. The molecule has 0 bridgehead atoms. The Labute approximate surface area is 104 Å². The number of anilines is 2. The third-order valence-electron chi connectivity index (χ3n) is 2.88. The van der Waals surface area contributed by atoms with Crippen LogP contribution in [-0.4, -0.2) is 36.6 Å². The van der Waals surface area contributed by atoms with E-state index >= 15 is 0 Å². The fourth-order valence-corrected chi connectivity index (χ4v) is 1.99. The number of rotatable bonds is 2. The highest BCUT2D eigenvalue weighted by atomic mass is 16.4. The minimum atomic E-state index is -1.01. The number of hydrogen-bond donors (Lipinski definition) is 3. The highest BCUT2D eigenvalue weighted by Crippen LogP contribution is 2.25. The van der Waals surface area contributed by atoms with Gasteiger partial charge in [-0.25, -0.2) is 4.79 Å². The van der Waals surface area contributed by atoms with E-state index in [1.807, 2.05) is 4.90 Å². The molecule has 1 aliphatic rings. The van der Waals surface area contributed by atoms with Gasteiger partial charge in [-0.2, -0.15) is 0 Å². The molecule has 1 aromatic rings. The molecule has 0 unspecified atom stereocenters. The monoisotopic (exact) mass is 249 g/mol. The van der Waals surface area contributed by atoms with Crippen molar-refractivity contribution in [2.24, 2.45) is 0 Å². The molecule has 1 fully saturated rings. The summed E-state index contributed by atoms with van der Waals surface area (Å²) in [5.74, 6) is -1.06. The minimum absolute atomic E-state index is 0.0470. The molecule has 0 aliphatic carbocycles. The zero-order valence-electron chi connectivity index (χ0n) is 9.85. The first-order chi connectivity index (χ1) is 8.58. The second-order valence-electron chi connectivity index (χ2n) is 4.20. The number of carboxylic acid groups (broad SMARTS) is 1. The van der Waals surface area contributed by atoms with E-state index < -0.39 is 5.97 Å². The molecule has 1 heterocycles. The number of nitrogens with zero attached hydrogens (tertiary/aromatic N) is 1. The van der Waals surface area contributed by atoms with Gasteiger partial charge in [-0.05, 0) is 24.6 Å². The second-order valence-corrected chi connectivity index (χ2v) is 4.20. The van der Waals surface area contributed by atoms with Crippen LogP contribution in [0.5, 0.6) is 0 Å². The highest BCUT2D eigenvalue weighted by molar-refractivity contribution is 5.91. The van der Waals surface area contributed by atoms with Gasteiger partial charge in [0.25, 0.3) is 0 Å². The third kappa shape index (κ3) is 2.53. The number of hydrogen-bond acceptors (Lipinski definition) is 4. The summed E-state index contributed by atoms with van der Waals surface area (Å²) in [6.07, 6.45) is 0.839. The van der Waals surface area contributed by atoms with Crippen molar-refractivity contribution in [1.29, 1.82) is 0 Å². The second kappa shape index (κ2) is 4.95. The Morgan fingerprint density at radius 3 is 2.89 bits per heavy atom. The summed E-state index contributed by atoms with van der Waals surface area (Å²) in [6.45, 7) is 1.62. The maximum absolute atomic E-state index is 11.5. The predicted molar refractivity (Wildman–Crippen MR) is 67.7 cm³/mol. The number of carboxylic acids is 1. The van der Waals surface area contributed by atoms with Crippen LogP contribution in [0.1, 0.15) is 16.8 Å². The number of nitrogen functional groups attached to an aromatic ring is 1. The number of aromatic carboxylic acids is 1. The van der Waals surface area contributed by atoms with E-state index in [4.69, 9.17) is 10.8 Å². The number of amides is 1. The van der Waals surface area contributed by atoms with E-state index in [0.29, 0.717) is 17.9 Å². The van der Waals surface area contributed by atoms with Gasteiger partial charge in [0.05, 0.1) is 23.5 Å². The third-order valence-corrected chi connectivity index (χ3v) is 2.88. The molecular formula is C12H15N3O3. The Bertz CT molecular complexity index is 487. The molecule has 96 valence electrons. The molecule has 0 saturated carbocycles. The lowest BCUT2D eigenvalue weighted by atomic mass is 10.1. The fraction of sp³-hybridized carbons (Fsp3) is 0.333. The van der Waals surface area contributed by atoms with Crippen LogP contribution in [0.15, 0.2) is 18.2 Å². The summed E-state index contributed by atoms with van der Waals surface area (Å²) < 4.78 is 0. The van der Waals surface area contributed by atoms with Crippen LogP contribution >= 0.6 is 0 Å². The van der Waals surface area contributed by atoms with Gasteiger partial charge >= 0.3 is 5.97 Å². The topological polar surface area (TPSA) is 95.7 Å². The quantitative estimate of drug-likeness (QED) is 0.655. The molecule has 2 rings (SSSR count). The van der Waals surface area contributed by atoms with Crippen LogP contribution in [0.25, 0.3) is 0 Å². The molecule has 4 N–H and O–H groups in total. The first-order valence-corrected chi connectivity index (χ1v) is 5.72. The zero-order valence-corrected chi connectivity index (χ0v) is 9.85. The van der Waals surface area contributed by atoms with Crippen LogP contribution in [0.2, 0.25) is 0 Å². The molecule has 18 heavy (non-hydrogen) atoms. The number of carbonyl (C=O) groups excluding carboxylic acids is 1. The average molecular weight is 249 g/mol. The molecule has 1 aliphatic heterocycles. The van der Waals surface area contributed by atoms with Gasteiger partial charge in [0, 0.05) is 13.1 Å². The number of nitrogens with two attached hydrogens (primary N) is 1. The molecule has 1 saturated heterocycles. The summed E-state index contributed by atoms with van der Waals surface area (Å²) >= 11 is 0. The van der Waals surface area contributed by atoms with Crippen LogP contribution in [0.3, 0.4) is 0 Å². The maximum atomic E-state index is 11.5. The number of benzene rings is 1. The lowest BCUT2D eigenvalue weighted by molar-refractivity contribution is -0.119. The van der Waals surface area contributed by atoms with E-state index in [0.717, 1.165) is 13.0 Å². The zero-order chi connectivity index (χ0) is 13.1. The summed E-state index contributed by atoms with van der Waals surface area (Å²) in [4.78, 5) is 24.1. The van der Waals surface area contributed by atoms with Crippen molar-refractivity contribution < 1.29 is 14.7 Å². The summed E-state index contributed by atoms with van der Waals surface area (Å²) in [6, 6.07) is 4.56. The number of carbonyl (C=O) groups is 2. The average Bonchev–Trinajstić information content (AvgIpc) is 2.53. The SMILES string of the molecule is Nc1cc(C(=O)O)ccc1N1CCCNC(=O)C1. The van der Waals surface area contributed by atoms with Gasteiger partial charge in [0.2, 0.25) is 5.91 Å². The van der Waals surface area contributed by atoms with Crippen LogP contribution in [0.4, 0.5) is 11.4 Å². The molecule has 1 amide bonds. The lowest BCUT2D eigenvalue weighted by Crippen LogP contribution is -2.33. The van der Waals surface area contributed by atoms with Gasteiger partial charge in [-0.3, -0.25) is 4.79 Å². The molecule has 6 heteroatoms. The fourth-order valence-electron chi connectivity index (χ4n) is 1.99. The Kier molecular flexibility index (Phi) is 3.36. The van der Waals surface area contributed by atoms with Crippen molar-refractivity contribution in [3.05, 3.63) is 23.8 Å². The summed E-state index contributed by atoms with van der Waals surface area (Å²) in [5.41, 5.74) is 7.08. The van der Waals surface area contributed by atoms with Crippen molar-refractivity contribution in [2.45, 2.75) is 6.42 Å². The van der Waals surface area contributed by atoms with E-state index in [1.165, 1.54) is 12.1 Å². The first-order valence-electron chi connectivity index (χ1n) is 5.72. The van der Waals surface area contributed by atoms with E-state index in [9.17, 15) is 9.59 Å².